The molecule has 0 aliphatic heterocycles. The summed E-state index contributed by atoms with van der Waals surface area (Å²) in [6.45, 7) is 17.1. The Hall–Kier alpha value is -0.120. The molecular weight excluding hydrogens is 212 g/mol. The summed E-state index contributed by atoms with van der Waals surface area (Å²) >= 11 is 0. The van der Waals surface area contributed by atoms with Crippen LogP contribution in [0, 0.1) is 5.92 Å². The molecule has 0 fully saturated rings. The first kappa shape index (κ1) is 16.9. The van der Waals surface area contributed by atoms with Crippen molar-refractivity contribution in [1.29, 1.82) is 0 Å². The normalized spacial score (nSPS) is 13.9. The molecule has 0 aliphatic rings. The number of likely N-dealkylation sites (N-methyl/N-ethyl adjacent to an activating group) is 1. The minimum absolute atomic E-state index is 0.191. The third-order valence-electron chi connectivity index (χ3n) is 3.51. The van der Waals surface area contributed by atoms with E-state index in [0.717, 1.165) is 32.7 Å². The van der Waals surface area contributed by atoms with Crippen LogP contribution in [0.15, 0.2) is 0 Å². The van der Waals surface area contributed by atoms with Crippen molar-refractivity contribution in [1.82, 2.24) is 9.80 Å². The average Bonchev–Trinajstić information content (AvgIpc) is 2.32. The highest BCUT2D eigenvalue weighted by Gasteiger charge is 2.13. The van der Waals surface area contributed by atoms with Gasteiger partial charge >= 0.3 is 0 Å². The van der Waals surface area contributed by atoms with E-state index in [2.05, 4.69) is 44.4 Å². The standard InChI is InChI=1S/C14H32N2O/c1-6-15(7-2)10-9-11-16(8-3)12-14(17)13(4)5/h13-14,17H,6-12H2,1-5H3. The molecule has 17 heavy (non-hydrogen) atoms. The molecule has 0 heterocycles. The minimum atomic E-state index is -0.191. The van der Waals surface area contributed by atoms with Crippen LogP contribution >= 0.6 is 0 Å². The molecule has 0 amide bonds. The highest BCUT2D eigenvalue weighted by Crippen LogP contribution is 2.04. The Morgan fingerprint density at radius 2 is 1.35 bits per heavy atom. The lowest BCUT2D eigenvalue weighted by Gasteiger charge is -2.26. The predicted octanol–water partition coefficient (Wildman–Crippen LogP) is 2.06. The summed E-state index contributed by atoms with van der Waals surface area (Å²) in [5.74, 6) is 0.354. The fourth-order valence-corrected chi connectivity index (χ4v) is 1.91. The zero-order valence-electron chi connectivity index (χ0n) is 12.4. The molecule has 1 unspecified atom stereocenters. The fraction of sp³-hybridized carbons (Fsp3) is 1.00. The highest BCUT2D eigenvalue weighted by atomic mass is 16.3. The summed E-state index contributed by atoms with van der Waals surface area (Å²) in [7, 11) is 0. The maximum absolute atomic E-state index is 9.88. The number of rotatable bonds is 10. The van der Waals surface area contributed by atoms with E-state index in [1.165, 1.54) is 13.0 Å². The lowest BCUT2D eigenvalue weighted by molar-refractivity contribution is 0.0765. The van der Waals surface area contributed by atoms with Gasteiger partial charge in [-0.05, 0) is 45.1 Å². The molecule has 3 heteroatoms. The number of nitrogens with zero attached hydrogens (tertiary/aromatic N) is 2. The molecule has 0 bridgehead atoms. The first-order chi connectivity index (χ1) is 8.04. The Morgan fingerprint density at radius 1 is 0.882 bits per heavy atom. The van der Waals surface area contributed by atoms with Crippen LogP contribution in [0.25, 0.3) is 0 Å². The summed E-state index contributed by atoms with van der Waals surface area (Å²) in [6.07, 6.45) is 1.00. The summed E-state index contributed by atoms with van der Waals surface area (Å²) in [4.78, 5) is 4.81. The van der Waals surface area contributed by atoms with Crippen LogP contribution in [0.4, 0.5) is 0 Å². The van der Waals surface area contributed by atoms with Gasteiger partial charge in [-0.25, -0.2) is 0 Å². The molecule has 104 valence electrons. The van der Waals surface area contributed by atoms with Gasteiger partial charge in [0.2, 0.25) is 0 Å². The van der Waals surface area contributed by atoms with E-state index in [4.69, 9.17) is 0 Å². The molecule has 1 N–H and O–H groups in total. The van der Waals surface area contributed by atoms with E-state index in [9.17, 15) is 5.11 Å². The van der Waals surface area contributed by atoms with Crippen molar-refractivity contribution in [2.24, 2.45) is 5.92 Å². The van der Waals surface area contributed by atoms with Crippen molar-refractivity contribution in [3.05, 3.63) is 0 Å². The van der Waals surface area contributed by atoms with Gasteiger partial charge in [0.15, 0.2) is 0 Å². The molecule has 1 atom stereocenters. The lowest BCUT2D eigenvalue weighted by Crippen LogP contribution is -2.37. The maximum Gasteiger partial charge on any atom is 0.0689 e. The van der Waals surface area contributed by atoms with Crippen molar-refractivity contribution in [2.45, 2.75) is 47.1 Å². The summed E-state index contributed by atoms with van der Waals surface area (Å²) in [6, 6.07) is 0. The molecular formula is C14H32N2O. The van der Waals surface area contributed by atoms with Crippen molar-refractivity contribution >= 4 is 0 Å². The van der Waals surface area contributed by atoms with Crippen LogP contribution in [0.2, 0.25) is 0 Å². The molecule has 0 radical (unpaired) electrons. The van der Waals surface area contributed by atoms with Crippen LogP contribution in [0.3, 0.4) is 0 Å². The van der Waals surface area contributed by atoms with Gasteiger partial charge in [0.05, 0.1) is 6.10 Å². The predicted molar refractivity (Wildman–Crippen MR) is 75.4 cm³/mol. The van der Waals surface area contributed by atoms with Crippen LogP contribution in [-0.4, -0.2) is 60.3 Å². The second-order valence-electron chi connectivity index (χ2n) is 5.09. The van der Waals surface area contributed by atoms with Gasteiger partial charge in [-0.15, -0.1) is 0 Å². The second-order valence-corrected chi connectivity index (χ2v) is 5.09. The van der Waals surface area contributed by atoms with Gasteiger partial charge in [0, 0.05) is 6.54 Å². The molecule has 0 saturated carbocycles. The van der Waals surface area contributed by atoms with Gasteiger partial charge in [-0.1, -0.05) is 34.6 Å². The SMILES string of the molecule is CCN(CC)CCCN(CC)CC(O)C(C)C. The molecule has 0 rings (SSSR count). The average molecular weight is 244 g/mol. The topological polar surface area (TPSA) is 26.7 Å². The van der Waals surface area contributed by atoms with Crippen LogP contribution in [-0.2, 0) is 0 Å². The molecule has 0 aromatic carbocycles. The fourth-order valence-electron chi connectivity index (χ4n) is 1.91. The van der Waals surface area contributed by atoms with Crippen molar-refractivity contribution in [3.63, 3.8) is 0 Å². The quantitative estimate of drug-likeness (QED) is 0.637. The number of hydrogen-bond donors (Lipinski definition) is 1. The zero-order chi connectivity index (χ0) is 13.3. The summed E-state index contributed by atoms with van der Waals surface area (Å²) in [5, 5.41) is 9.88. The third kappa shape index (κ3) is 7.74. The summed E-state index contributed by atoms with van der Waals surface area (Å²) in [5.41, 5.74) is 0. The Labute approximate surface area is 108 Å². The first-order valence-electron chi connectivity index (χ1n) is 7.17. The molecule has 0 spiro atoms. The molecule has 0 saturated heterocycles. The van der Waals surface area contributed by atoms with Crippen LogP contribution < -0.4 is 0 Å². The molecule has 0 aromatic heterocycles. The maximum atomic E-state index is 9.88. The zero-order valence-corrected chi connectivity index (χ0v) is 12.4. The molecule has 0 aliphatic carbocycles. The molecule has 0 aromatic rings. The minimum Gasteiger partial charge on any atom is -0.392 e. The van der Waals surface area contributed by atoms with Gasteiger partial charge < -0.3 is 14.9 Å². The number of hydrogen-bond acceptors (Lipinski definition) is 3. The summed E-state index contributed by atoms with van der Waals surface area (Å²) < 4.78 is 0. The van der Waals surface area contributed by atoms with E-state index in [-0.39, 0.29) is 6.10 Å². The van der Waals surface area contributed by atoms with Crippen molar-refractivity contribution in [2.75, 3.05) is 39.3 Å². The second kappa shape index (κ2) is 9.86. The van der Waals surface area contributed by atoms with E-state index in [1.807, 2.05) is 0 Å². The van der Waals surface area contributed by atoms with Crippen molar-refractivity contribution < 1.29 is 5.11 Å². The van der Waals surface area contributed by atoms with Gasteiger partial charge in [-0.3, -0.25) is 0 Å². The van der Waals surface area contributed by atoms with Crippen LogP contribution in [0.1, 0.15) is 41.0 Å². The Balaban J connectivity index is 3.82. The van der Waals surface area contributed by atoms with E-state index in [0.29, 0.717) is 5.92 Å². The largest absolute Gasteiger partial charge is 0.392 e. The van der Waals surface area contributed by atoms with Gasteiger partial charge in [-0.2, -0.15) is 0 Å². The number of aliphatic hydroxyl groups is 1. The Bertz CT molecular complexity index is 170. The lowest BCUT2D eigenvalue weighted by atomic mass is 10.1. The van der Waals surface area contributed by atoms with Crippen LogP contribution in [0.5, 0.6) is 0 Å². The monoisotopic (exact) mass is 244 g/mol. The van der Waals surface area contributed by atoms with E-state index in [1.54, 1.807) is 0 Å². The van der Waals surface area contributed by atoms with E-state index < -0.39 is 0 Å². The van der Waals surface area contributed by atoms with Gasteiger partial charge in [0.25, 0.3) is 0 Å². The van der Waals surface area contributed by atoms with Crippen molar-refractivity contribution in [3.8, 4) is 0 Å². The first-order valence-corrected chi connectivity index (χ1v) is 7.17. The van der Waals surface area contributed by atoms with E-state index >= 15 is 0 Å². The van der Waals surface area contributed by atoms with Gasteiger partial charge in [0.1, 0.15) is 0 Å². The Kier molecular flexibility index (Phi) is 9.79. The Morgan fingerprint density at radius 3 is 1.76 bits per heavy atom. The number of aliphatic hydroxyl groups excluding tert-OH is 1. The third-order valence-corrected chi connectivity index (χ3v) is 3.51. The smallest absolute Gasteiger partial charge is 0.0689 e. The highest BCUT2D eigenvalue weighted by molar-refractivity contribution is 4.67. The molecule has 3 nitrogen and oxygen atoms in total.